The van der Waals surface area contributed by atoms with E-state index >= 15 is 0 Å². The minimum Gasteiger partial charge on any atom is -0.493 e. The quantitative estimate of drug-likeness (QED) is 0.134. The Morgan fingerprint density at radius 3 is 1.73 bits per heavy atom. The van der Waals surface area contributed by atoms with Crippen molar-refractivity contribution >= 4 is 69.8 Å². The summed E-state index contributed by atoms with van der Waals surface area (Å²) in [4.78, 5) is 43.2. The van der Waals surface area contributed by atoms with E-state index in [1.165, 1.54) is 44.4 Å². The first kappa shape index (κ1) is 28.3. The maximum Gasteiger partial charge on any atom is 0.264 e. The zero-order chi connectivity index (χ0) is 29.2. The number of benzene rings is 3. The van der Waals surface area contributed by atoms with Crippen molar-refractivity contribution in [3.05, 3.63) is 78.5 Å². The van der Waals surface area contributed by atoms with Crippen molar-refractivity contribution in [2.24, 2.45) is 0 Å². The summed E-state index contributed by atoms with van der Waals surface area (Å²) in [6, 6.07) is 4.77. The number of rotatable bonds is 6. The fraction of sp³-hybridized carbons (Fsp3) is 0.222. The van der Waals surface area contributed by atoms with Crippen molar-refractivity contribution in [1.29, 1.82) is 0 Å². The van der Waals surface area contributed by atoms with E-state index in [1.54, 1.807) is 19.1 Å². The van der Waals surface area contributed by atoms with Crippen molar-refractivity contribution in [2.45, 2.75) is 19.0 Å². The smallest absolute Gasteiger partial charge is 0.264 e. The molecule has 8 nitrogen and oxygen atoms in total. The molecule has 0 aliphatic carbocycles. The van der Waals surface area contributed by atoms with Crippen LogP contribution in [0.1, 0.15) is 37.9 Å². The number of aryl methyl sites for hydroxylation is 1. The van der Waals surface area contributed by atoms with E-state index in [0.29, 0.717) is 11.1 Å². The second-order valence-electron chi connectivity index (χ2n) is 8.97. The molecule has 40 heavy (non-hydrogen) atoms. The lowest BCUT2D eigenvalue weighted by atomic mass is 9.85. The van der Waals surface area contributed by atoms with Crippen LogP contribution in [0.15, 0.2) is 30.3 Å². The van der Waals surface area contributed by atoms with E-state index in [1.807, 2.05) is 0 Å². The van der Waals surface area contributed by atoms with Gasteiger partial charge in [-0.3, -0.25) is 19.3 Å². The number of halogens is 5. The first-order valence-electron chi connectivity index (χ1n) is 11.6. The van der Waals surface area contributed by atoms with Gasteiger partial charge in [0.1, 0.15) is 11.9 Å². The Morgan fingerprint density at radius 2 is 1.25 bits per heavy atom. The monoisotopic (exact) mass is 626 g/mol. The Bertz CT molecular complexity index is 1560. The maximum absolute atomic E-state index is 14.4. The number of methoxy groups -OCH3 is 3. The van der Waals surface area contributed by atoms with Crippen LogP contribution in [0.25, 0.3) is 0 Å². The van der Waals surface area contributed by atoms with Gasteiger partial charge in [0.15, 0.2) is 11.5 Å². The van der Waals surface area contributed by atoms with Crippen LogP contribution < -0.4 is 19.1 Å². The molecule has 3 aromatic rings. The molecule has 2 aliphatic heterocycles. The van der Waals surface area contributed by atoms with Crippen LogP contribution in [0.2, 0.25) is 20.1 Å². The van der Waals surface area contributed by atoms with Gasteiger partial charge in [0.25, 0.3) is 17.7 Å². The van der Waals surface area contributed by atoms with Gasteiger partial charge in [-0.1, -0.05) is 52.5 Å². The number of amides is 3. The topological polar surface area (TPSA) is 85.4 Å². The van der Waals surface area contributed by atoms with Gasteiger partial charge < -0.3 is 19.1 Å². The van der Waals surface area contributed by atoms with E-state index in [2.05, 4.69) is 0 Å². The van der Waals surface area contributed by atoms with Gasteiger partial charge in [0.2, 0.25) is 5.75 Å². The fourth-order valence-electron chi connectivity index (χ4n) is 5.06. The molecule has 1 fully saturated rings. The van der Waals surface area contributed by atoms with Gasteiger partial charge in [0, 0.05) is 0 Å². The molecule has 2 unspecified atom stereocenters. The zero-order valence-corrected chi connectivity index (χ0v) is 24.3. The van der Waals surface area contributed by atoms with Crippen LogP contribution in [0.5, 0.6) is 17.2 Å². The highest BCUT2D eigenvalue weighted by atomic mass is 35.5. The zero-order valence-electron chi connectivity index (χ0n) is 21.3. The second kappa shape index (κ2) is 10.3. The number of imide groups is 1. The highest BCUT2D eigenvalue weighted by molar-refractivity contribution is 6.55. The lowest BCUT2D eigenvalue weighted by molar-refractivity contribution is -0.130. The van der Waals surface area contributed by atoms with Gasteiger partial charge in [-0.25, -0.2) is 4.39 Å². The van der Waals surface area contributed by atoms with Crippen LogP contribution >= 0.6 is 46.4 Å². The highest BCUT2D eigenvalue weighted by Crippen LogP contribution is 2.51. The van der Waals surface area contributed by atoms with Gasteiger partial charge in [-0.05, 0) is 42.3 Å². The summed E-state index contributed by atoms with van der Waals surface area (Å²) in [6.07, 6.45) is 0. The molecule has 208 valence electrons. The molecule has 2 atom stereocenters. The number of ether oxygens (including phenoxy) is 3. The van der Waals surface area contributed by atoms with Crippen molar-refractivity contribution in [3.63, 3.8) is 0 Å². The van der Waals surface area contributed by atoms with Crippen molar-refractivity contribution in [3.8, 4) is 17.2 Å². The number of β-lactam (4-membered cyclic amide) rings is 1. The van der Waals surface area contributed by atoms with Crippen molar-refractivity contribution in [1.82, 2.24) is 4.90 Å². The molecule has 5 rings (SSSR count). The number of fused-ring (bicyclic) bond motifs is 1. The normalized spacial score (nSPS) is 18.2. The molecule has 0 N–H and O–H groups in total. The first-order valence-corrected chi connectivity index (χ1v) is 13.1. The van der Waals surface area contributed by atoms with E-state index < -0.39 is 35.6 Å². The van der Waals surface area contributed by atoms with Crippen LogP contribution in [-0.4, -0.2) is 50.0 Å². The summed E-state index contributed by atoms with van der Waals surface area (Å²) in [5.74, 6) is -2.17. The third-order valence-electron chi connectivity index (χ3n) is 6.94. The van der Waals surface area contributed by atoms with E-state index in [0.717, 1.165) is 4.90 Å². The Balaban J connectivity index is 1.71. The largest absolute Gasteiger partial charge is 0.493 e. The summed E-state index contributed by atoms with van der Waals surface area (Å²) in [6.45, 7) is 1.70. The minimum atomic E-state index is -1.37. The lowest BCUT2D eigenvalue weighted by Crippen LogP contribution is -2.67. The maximum atomic E-state index is 14.4. The molecule has 2 aliphatic rings. The molecule has 2 heterocycles. The molecule has 0 radical (unpaired) electrons. The molecule has 13 heteroatoms. The van der Waals surface area contributed by atoms with Gasteiger partial charge in [0.05, 0.1) is 64.3 Å². The Kier molecular flexibility index (Phi) is 7.29. The summed E-state index contributed by atoms with van der Waals surface area (Å²) >= 11 is 24.9. The van der Waals surface area contributed by atoms with Gasteiger partial charge >= 0.3 is 0 Å². The van der Waals surface area contributed by atoms with Crippen molar-refractivity contribution in [2.75, 3.05) is 26.2 Å². The molecule has 3 amide bonds. The molecule has 1 saturated heterocycles. The van der Waals surface area contributed by atoms with Gasteiger partial charge in [-0.2, -0.15) is 0 Å². The van der Waals surface area contributed by atoms with Crippen LogP contribution in [0.4, 0.5) is 10.1 Å². The van der Waals surface area contributed by atoms with Gasteiger partial charge in [-0.15, -0.1) is 0 Å². The number of carbonyl (C=O) groups is 3. The third kappa shape index (κ3) is 3.98. The van der Waals surface area contributed by atoms with E-state index in [4.69, 9.17) is 60.6 Å². The molecule has 3 aromatic carbocycles. The van der Waals surface area contributed by atoms with E-state index in [9.17, 15) is 18.8 Å². The lowest BCUT2D eigenvalue weighted by Gasteiger charge is -2.50. The summed E-state index contributed by atoms with van der Waals surface area (Å²) in [5, 5.41) is -0.928. The number of carbonyl (C=O) groups excluding carboxylic acids is 3. The summed E-state index contributed by atoms with van der Waals surface area (Å²) in [5.41, 5.74) is 0.717. The third-order valence-corrected chi connectivity index (χ3v) is 8.74. The average Bonchev–Trinajstić information content (AvgIpc) is 3.19. The summed E-state index contributed by atoms with van der Waals surface area (Å²) in [7, 11) is 4.27. The second-order valence-corrected chi connectivity index (χ2v) is 10.5. The average molecular weight is 628 g/mol. The fourth-order valence-corrected chi connectivity index (χ4v) is 6.07. The minimum absolute atomic E-state index is 0.201. The number of anilines is 1. The summed E-state index contributed by atoms with van der Waals surface area (Å²) < 4.78 is 30.7. The molecule has 0 aromatic heterocycles. The predicted octanol–water partition coefficient (Wildman–Crippen LogP) is 6.53. The molecular weight excluding hydrogens is 609 g/mol. The Labute approximate surface area is 248 Å². The molecule has 0 saturated carbocycles. The molecule has 0 spiro atoms. The Hall–Kier alpha value is -3.24. The van der Waals surface area contributed by atoms with Crippen LogP contribution in [0, 0.1) is 12.7 Å². The Morgan fingerprint density at radius 1 is 0.725 bits per heavy atom. The molecule has 0 bridgehead atoms. The first-order chi connectivity index (χ1) is 19.0. The van der Waals surface area contributed by atoms with E-state index in [-0.39, 0.29) is 54.2 Å². The number of hydrogen-bond acceptors (Lipinski definition) is 6. The molecular formula is C27H19Cl4FN2O6. The number of hydrogen-bond donors (Lipinski definition) is 0. The highest BCUT2D eigenvalue weighted by Gasteiger charge is 2.59. The number of nitrogens with zero attached hydrogens (tertiary/aromatic N) is 2. The standard InChI is InChI=1S/C27H19Cl4FN2O6/c1-10-5-6-12(32)9-13(10)33-22(11-7-14(38-2)24(40-4)15(8-11)39-3)23(27(33)37)34-25(35)16-17(26(34)36)19(29)21(31)20(30)18(16)28/h5-9,22-23H,1-4H3. The van der Waals surface area contributed by atoms with Crippen LogP contribution in [-0.2, 0) is 4.79 Å². The predicted molar refractivity (Wildman–Crippen MR) is 148 cm³/mol. The SMILES string of the molecule is COc1cc(C2C(N3C(=O)c4c(Cl)c(Cl)c(Cl)c(Cl)c4C3=O)C(=O)N2c2cc(F)ccc2C)cc(OC)c1OC. The van der Waals surface area contributed by atoms with Crippen LogP contribution in [0.3, 0.4) is 0 Å². The van der Waals surface area contributed by atoms with Crippen molar-refractivity contribution < 1.29 is 33.0 Å².